The lowest BCUT2D eigenvalue weighted by molar-refractivity contribution is -0.144. The van der Waals surface area contributed by atoms with Gasteiger partial charge in [-0.15, -0.1) is 0 Å². The molecule has 0 amide bonds. The van der Waals surface area contributed by atoms with Crippen LogP contribution in [-0.4, -0.2) is 43.8 Å². The molecule has 1 aromatic carbocycles. The molecule has 1 atom stereocenters. The van der Waals surface area contributed by atoms with Crippen molar-refractivity contribution in [3.63, 3.8) is 0 Å². The van der Waals surface area contributed by atoms with E-state index in [1.54, 1.807) is 19.1 Å². The Morgan fingerprint density at radius 2 is 2.22 bits per heavy atom. The largest absolute Gasteiger partial charge is 0.466 e. The number of nitriles is 1. The number of benzene rings is 1. The van der Waals surface area contributed by atoms with E-state index in [1.807, 2.05) is 12.1 Å². The average molecular weight is 337 g/mol. The molecule has 0 saturated carbocycles. The van der Waals surface area contributed by atoms with Crippen LogP contribution in [-0.2, 0) is 19.8 Å². The Hall–Kier alpha value is -1.61. The Bertz CT molecular complexity index is 581. The Kier molecular flexibility index (Phi) is 6.40. The molecule has 1 aliphatic rings. The standard InChI is InChI=1S/C17H21ClN2O3/c1-2-23-16(21)6-7-17(13-19,20-8-10-22-11-9-20)14-4-3-5-15(18)12-14/h3-5,12H,2,6-11H2,1H3. The number of esters is 1. The van der Waals surface area contributed by atoms with Gasteiger partial charge in [0.05, 0.1) is 25.9 Å². The molecule has 1 saturated heterocycles. The predicted molar refractivity (Wildman–Crippen MR) is 87.0 cm³/mol. The molecule has 0 N–H and O–H groups in total. The first-order chi connectivity index (χ1) is 11.1. The second-order valence-electron chi connectivity index (χ2n) is 5.39. The van der Waals surface area contributed by atoms with Crippen molar-refractivity contribution in [3.05, 3.63) is 34.9 Å². The number of hydrogen-bond donors (Lipinski definition) is 0. The van der Waals surface area contributed by atoms with Gasteiger partial charge >= 0.3 is 5.97 Å². The fourth-order valence-corrected chi connectivity index (χ4v) is 3.07. The van der Waals surface area contributed by atoms with Crippen LogP contribution in [0.15, 0.2) is 24.3 Å². The number of carbonyl (C=O) groups is 1. The van der Waals surface area contributed by atoms with E-state index in [0.717, 1.165) is 5.56 Å². The molecule has 0 radical (unpaired) electrons. The lowest BCUT2D eigenvalue weighted by atomic mass is 9.84. The second kappa shape index (κ2) is 8.30. The highest BCUT2D eigenvalue weighted by molar-refractivity contribution is 6.30. The molecule has 1 fully saturated rings. The van der Waals surface area contributed by atoms with Crippen molar-refractivity contribution >= 4 is 17.6 Å². The Morgan fingerprint density at radius 1 is 1.48 bits per heavy atom. The van der Waals surface area contributed by atoms with E-state index in [0.29, 0.717) is 44.4 Å². The third kappa shape index (κ3) is 4.23. The summed E-state index contributed by atoms with van der Waals surface area (Å²) in [6.45, 7) is 4.54. The molecule has 6 heteroatoms. The number of rotatable bonds is 6. The van der Waals surface area contributed by atoms with Gasteiger partial charge in [-0.25, -0.2) is 0 Å². The summed E-state index contributed by atoms with van der Waals surface area (Å²) in [6, 6.07) is 9.72. The molecule has 0 bridgehead atoms. The van der Waals surface area contributed by atoms with Crippen LogP contribution in [0.5, 0.6) is 0 Å². The highest BCUT2D eigenvalue weighted by atomic mass is 35.5. The van der Waals surface area contributed by atoms with Gasteiger partial charge in [0.2, 0.25) is 0 Å². The number of carbonyl (C=O) groups excluding carboxylic acids is 1. The molecule has 0 aromatic heterocycles. The normalized spacial score (nSPS) is 18.0. The van der Waals surface area contributed by atoms with Crippen LogP contribution >= 0.6 is 11.6 Å². The van der Waals surface area contributed by atoms with E-state index in [2.05, 4.69) is 11.0 Å². The molecule has 1 unspecified atom stereocenters. The Morgan fingerprint density at radius 3 is 2.83 bits per heavy atom. The van der Waals surface area contributed by atoms with Crippen LogP contribution < -0.4 is 0 Å². The monoisotopic (exact) mass is 336 g/mol. The van der Waals surface area contributed by atoms with Gasteiger partial charge in [0.1, 0.15) is 5.54 Å². The summed E-state index contributed by atoms with van der Waals surface area (Å²) < 4.78 is 10.4. The molecule has 1 aromatic rings. The first-order valence-electron chi connectivity index (χ1n) is 7.78. The molecule has 1 aliphatic heterocycles. The van der Waals surface area contributed by atoms with Crippen molar-refractivity contribution in [3.8, 4) is 6.07 Å². The van der Waals surface area contributed by atoms with Crippen LogP contribution in [0.3, 0.4) is 0 Å². The summed E-state index contributed by atoms with van der Waals surface area (Å²) in [5.74, 6) is -0.289. The summed E-state index contributed by atoms with van der Waals surface area (Å²) in [6.07, 6.45) is 0.550. The van der Waals surface area contributed by atoms with Crippen LogP contribution in [0, 0.1) is 11.3 Å². The number of nitrogens with zero attached hydrogens (tertiary/aromatic N) is 2. The third-order valence-electron chi connectivity index (χ3n) is 4.03. The fraction of sp³-hybridized carbons (Fsp3) is 0.529. The summed E-state index contributed by atoms with van der Waals surface area (Å²) >= 11 is 6.11. The van der Waals surface area contributed by atoms with Gasteiger partial charge in [-0.1, -0.05) is 23.7 Å². The highest BCUT2D eigenvalue weighted by Gasteiger charge is 2.40. The van der Waals surface area contributed by atoms with Gasteiger partial charge in [0.25, 0.3) is 0 Å². The predicted octanol–water partition coefficient (Wildman–Crippen LogP) is 2.73. The van der Waals surface area contributed by atoms with E-state index in [4.69, 9.17) is 21.1 Å². The molecule has 0 spiro atoms. The average Bonchev–Trinajstić information content (AvgIpc) is 2.57. The van der Waals surface area contributed by atoms with Gasteiger partial charge in [0.15, 0.2) is 0 Å². The van der Waals surface area contributed by atoms with E-state index in [-0.39, 0.29) is 12.4 Å². The fourth-order valence-electron chi connectivity index (χ4n) is 2.88. The maximum absolute atomic E-state index is 11.8. The zero-order chi connectivity index (χ0) is 16.7. The summed E-state index contributed by atoms with van der Waals surface area (Å²) in [7, 11) is 0. The third-order valence-corrected chi connectivity index (χ3v) is 4.27. The summed E-state index contributed by atoms with van der Waals surface area (Å²) in [5, 5.41) is 10.6. The topological polar surface area (TPSA) is 62.6 Å². The quantitative estimate of drug-likeness (QED) is 0.747. The number of ether oxygens (including phenoxy) is 2. The van der Waals surface area contributed by atoms with Crippen molar-refractivity contribution in [1.29, 1.82) is 5.26 Å². The van der Waals surface area contributed by atoms with Gasteiger partial charge in [0, 0.05) is 24.5 Å². The van der Waals surface area contributed by atoms with Crippen LogP contribution in [0.1, 0.15) is 25.3 Å². The molecule has 0 aliphatic carbocycles. The maximum atomic E-state index is 11.8. The van der Waals surface area contributed by atoms with E-state index >= 15 is 0 Å². The lowest BCUT2D eigenvalue weighted by Gasteiger charge is -2.41. The van der Waals surface area contributed by atoms with Crippen LogP contribution in [0.25, 0.3) is 0 Å². The highest BCUT2D eigenvalue weighted by Crippen LogP contribution is 2.35. The molecule has 23 heavy (non-hydrogen) atoms. The van der Waals surface area contributed by atoms with Crippen molar-refractivity contribution in [1.82, 2.24) is 4.90 Å². The molecular weight excluding hydrogens is 316 g/mol. The van der Waals surface area contributed by atoms with Gasteiger partial charge in [-0.2, -0.15) is 5.26 Å². The first kappa shape index (κ1) is 17.7. The van der Waals surface area contributed by atoms with Crippen LogP contribution in [0.2, 0.25) is 5.02 Å². The number of halogens is 1. The van der Waals surface area contributed by atoms with E-state index in [9.17, 15) is 10.1 Å². The Balaban J connectivity index is 2.31. The van der Waals surface area contributed by atoms with Gasteiger partial charge < -0.3 is 9.47 Å². The molecule has 5 nitrogen and oxygen atoms in total. The maximum Gasteiger partial charge on any atom is 0.305 e. The minimum atomic E-state index is -0.901. The van der Waals surface area contributed by atoms with Gasteiger partial charge in [-0.05, 0) is 31.0 Å². The molecule has 124 valence electrons. The Labute approximate surface area is 141 Å². The van der Waals surface area contributed by atoms with Crippen molar-refractivity contribution in [2.45, 2.75) is 25.3 Å². The van der Waals surface area contributed by atoms with Crippen LogP contribution in [0.4, 0.5) is 0 Å². The van der Waals surface area contributed by atoms with Crippen molar-refractivity contribution in [2.75, 3.05) is 32.9 Å². The second-order valence-corrected chi connectivity index (χ2v) is 5.82. The summed E-state index contributed by atoms with van der Waals surface area (Å²) in [5.41, 5.74) is -0.0970. The van der Waals surface area contributed by atoms with E-state index in [1.165, 1.54) is 0 Å². The van der Waals surface area contributed by atoms with E-state index < -0.39 is 5.54 Å². The zero-order valence-corrected chi connectivity index (χ0v) is 14.0. The number of hydrogen-bond acceptors (Lipinski definition) is 5. The lowest BCUT2D eigenvalue weighted by Crippen LogP contribution is -2.51. The number of morpholine rings is 1. The smallest absolute Gasteiger partial charge is 0.305 e. The molecule has 1 heterocycles. The molecule has 2 rings (SSSR count). The van der Waals surface area contributed by atoms with Crippen molar-refractivity contribution in [2.24, 2.45) is 0 Å². The minimum absolute atomic E-state index is 0.186. The van der Waals surface area contributed by atoms with Gasteiger partial charge in [-0.3, -0.25) is 9.69 Å². The SMILES string of the molecule is CCOC(=O)CCC(C#N)(c1cccc(Cl)c1)N1CCOCC1. The van der Waals surface area contributed by atoms with Crippen molar-refractivity contribution < 1.29 is 14.3 Å². The zero-order valence-electron chi connectivity index (χ0n) is 13.3. The first-order valence-corrected chi connectivity index (χ1v) is 8.16. The summed E-state index contributed by atoms with van der Waals surface area (Å²) in [4.78, 5) is 13.9. The molecular formula is C17H21ClN2O3. The minimum Gasteiger partial charge on any atom is -0.466 e.